The van der Waals surface area contributed by atoms with Gasteiger partial charge in [-0.25, -0.2) is 0 Å². The molecule has 0 radical (unpaired) electrons. The highest BCUT2D eigenvalue weighted by atomic mass is 15.0. The molecule has 0 N–H and O–H groups in total. The molecule has 0 aliphatic carbocycles. The number of nitriles is 2. The molecule has 0 unspecified atom stereocenters. The molecule has 8 aromatic carbocycles. The van der Waals surface area contributed by atoms with Gasteiger partial charge in [-0.3, -0.25) is 0 Å². The lowest BCUT2D eigenvalue weighted by atomic mass is 9.85. The van der Waals surface area contributed by atoms with E-state index in [9.17, 15) is 10.5 Å². The van der Waals surface area contributed by atoms with Crippen molar-refractivity contribution < 1.29 is 0 Å². The van der Waals surface area contributed by atoms with E-state index in [0.717, 1.165) is 44.2 Å². The number of benzene rings is 8. The quantitative estimate of drug-likeness (QED) is 0.184. The smallest absolute Gasteiger partial charge is 0.101 e. The van der Waals surface area contributed by atoms with Crippen LogP contribution in [0.1, 0.15) is 11.1 Å². The van der Waals surface area contributed by atoms with Crippen LogP contribution in [-0.2, 0) is 0 Å². The molecule has 226 valence electrons. The molecule has 0 bridgehead atoms. The molecular weight excluding hydrogens is 595 g/mol. The number of hydrogen-bond acceptors (Lipinski definition) is 2. The zero-order chi connectivity index (χ0) is 32.9. The van der Waals surface area contributed by atoms with E-state index in [2.05, 4.69) is 138 Å². The summed E-state index contributed by atoms with van der Waals surface area (Å²) in [7, 11) is 0. The summed E-state index contributed by atoms with van der Waals surface area (Å²) >= 11 is 0. The largest absolute Gasteiger partial charge is 0.308 e. The van der Waals surface area contributed by atoms with Crippen LogP contribution in [0.4, 0.5) is 0 Å². The normalized spacial score (nSPS) is 11.2. The predicted octanol–water partition coefficient (Wildman–Crippen LogP) is 11.8. The molecule has 0 aliphatic heterocycles. The lowest BCUT2D eigenvalue weighted by Gasteiger charge is -2.18. The van der Waals surface area contributed by atoms with Crippen LogP contribution < -0.4 is 0 Å². The molecule has 3 nitrogen and oxygen atoms in total. The molecule has 49 heavy (non-hydrogen) atoms. The van der Waals surface area contributed by atoms with Gasteiger partial charge in [0.2, 0.25) is 0 Å². The maximum absolute atomic E-state index is 10.3. The molecule has 0 spiro atoms. The second kappa shape index (κ2) is 11.4. The van der Waals surface area contributed by atoms with Crippen LogP contribution in [0.25, 0.3) is 82.4 Å². The number of aromatic nitrogens is 1. The Labute approximate surface area is 283 Å². The van der Waals surface area contributed by atoms with Crippen molar-refractivity contribution in [3.05, 3.63) is 175 Å². The maximum atomic E-state index is 10.3. The lowest BCUT2D eigenvalue weighted by Crippen LogP contribution is -1.98. The second-order valence-electron chi connectivity index (χ2n) is 12.3. The van der Waals surface area contributed by atoms with E-state index in [-0.39, 0.29) is 0 Å². The Balaban J connectivity index is 1.27. The van der Waals surface area contributed by atoms with E-state index in [1.807, 2.05) is 42.5 Å². The van der Waals surface area contributed by atoms with E-state index in [0.29, 0.717) is 11.1 Å². The molecule has 0 saturated heterocycles. The Bertz CT molecular complexity index is 2790. The highest BCUT2D eigenvalue weighted by molar-refractivity contribution is 6.21. The van der Waals surface area contributed by atoms with Gasteiger partial charge in [0.05, 0.1) is 33.9 Å². The summed E-state index contributed by atoms with van der Waals surface area (Å²) in [4.78, 5) is 0. The van der Waals surface area contributed by atoms with Crippen molar-refractivity contribution in [2.24, 2.45) is 0 Å². The molecule has 1 heterocycles. The SMILES string of the molecule is N#Cc1ccc2c(c1)c1ccccc1n2-c1cc(-c2cccc(-c3c4ccccc4c(-c4ccccc4)c4ccccc34)c2)ccc1C#N. The lowest BCUT2D eigenvalue weighted by molar-refractivity contribution is 1.17. The van der Waals surface area contributed by atoms with Gasteiger partial charge in [-0.05, 0) is 97.4 Å². The first kappa shape index (κ1) is 28.3. The van der Waals surface area contributed by atoms with E-state index in [1.165, 1.54) is 38.2 Å². The average Bonchev–Trinajstić information content (AvgIpc) is 3.50. The minimum atomic E-state index is 0.584. The number of para-hydroxylation sites is 1. The Hall–Kier alpha value is -6.94. The summed E-state index contributed by atoms with van der Waals surface area (Å²) in [5.74, 6) is 0. The van der Waals surface area contributed by atoms with Crippen molar-refractivity contribution in [2.75, 3.05) is 0 Å². The monoisotopic (exact) mass is 621 g/mol. The van der Waals surface area contributed by atoms with Crippen molar-refractivity contribution in [3.8, 4) is 51.2 Å². The van der Waals surface area contributed by atoms with Gasteiger partial charge in [0.1, 0.15) is 6.07 Å². The van der Waals surface area contributed by atoms with Crippen molar-refractivity contribution in [1.82, 2.24) is 4.57 Å². The number of nitrogens with zero attached hydrogens (tertiary/aromatic N) is 3. The first-order chi connectivity index (χ1) is 24.2. The van der Waals surface area contributed by atoms with Crippen LogP contribution in [-0.4, -0.2) is 4.57 Å². The van der Waals surface area contributed by atoms with Gasteiger partial charge in [-0.1, -0.05) is 121 Å². The number of rotatable bonds is 4. The van der Waals surface area contributed by atoms with Crippen LogP contribution >= 0.6 is 0 Å². The molecule has 9 aromatic rings. The molecule has 3 heteroatoms. The highest BCUT2D eigenvalue weighted by Gasteiger charge is 2.19. The summed E-state index contributed by atoms with van der Waals surface area (Å²) in [6.45, 7) is 0. The van der Waals surface area contributed by atoms with Gasteiger partial charge in [-0.2, -0.15) is 10.5 Å². The molecule has 0 atom stereocenters. The third-order valence-corrected chi connectivity index (χ3v) is 9.64. The van der Waals surface area contributed by atoms with Gasteiger partial charge in [-0.15, -0.1) is 0 Å². The fraction of sp³-hybridized carbons (Fsp3) is 0. The van der Waals surface area contributed by atoms with E-state index in [1.54, 1.807) is 0 Å². The predicted molar refractivity (Wildman–Crippen MR) is 202 cm³/mol. The molecule has 0 aliphatic rings. The Morgan fingerprint density at radius 1 is 0.367 bits per heavy atom. The van der Waals surface area contributed by atoms with Crippen molar-refractivity contribution >= 4 is 43.4 Å². The first-order valence-corrected chi connectivity index (χ1v) is 16.3. The minimum Gasteiger partial charge on any atom is -0.308 e. The summed E-state index contributed by atoms with van der Waals surface area (Å²) in [5, 5.41) is 26.8. The zero-order valence-electron chi connectivity index (χ0n) is 26.4. The summed E-state index contributed by atoms with van der Waals surface area (Å²) < 4.78 is 2.15. The van der Waals surface area contributed by atoms with Crippen molar-refractivity contribution in [3.63, 3.8) is 0 Å². The van der Waals surface area contributed by atoms with E-state index < -0.39 is 0 Å². The van der Waals surface area contributed by atoms with Gasteiger partial charge in [0.15, 0.2) is 0 Å². The van der Waals surface area contributed by atoms with Gasteiger partial charge < -0.3 is 4.57 Å². The molecule has 0 fully saturated rings. The minimum absolute atomic E-state index is 0.584. The van der Waals surface area contributed by atoms with Gasteiger partial charge in [0.25, 0.3) is 0 Å². The van der Waals surface area contributed by atoms with E-state index >= 15 is 0 Å². The zero-order valence-corrected chi connectivity index (χ0v) is 26.4. The molecule has 1 aromatic heterocycles. The summed E-state index contributed by atoms with van der Waals surface area (Å²) in [6.07, 6.45) is 0. The molecular formula is C46H27N3. The molecule has 0 saturated carbocycles. The van der Waals surface area contributed by atoms with Crippen LogP contribution in [0.2, 0.25) is 0 Å². The standard InChI is InChI=1S/C46H27N3/c47-28-30-21-24-43-41(25-30)36-15-8-9-20-42(36)49(43)44-27-33(22-23-35(44)29-48)32-13-10-14-34(26-32)46-39-18-6-4-16-37(39)45(31-11-2-1-3-12-31)38-17-5-7-19-40(38)46/h1-27H. The second-order valence-corrected chi connectivity index (χ2v) is 12.3. The van der Waals surface area contributed by atoms with E-state index in [4.69, 9.17) is 0 Å². The van der Waals surface area contributed by atoms with Crippen LogP contribution in [0.15, 0.2) is 164 Å². The van der Waals surface area contributed by atoms with Crippen LogP contribution in [0.5, 0.6) is 0 Å². The highest BCUT2D eigenvalue weighted by Crippen LogP contribution is 2.44. The van der Waals surface area contributed by atoms with Crippen molar-refractivity contribution in [1.29, 1.82) is 10.5 Å². The average molecular weight is 622 g/mol. The third kappa shape index (κ3) is 4.49. The van der Waals surface area contributed by atoms with Crippen LogP contribution in [0.3, 0.4) is 0 Å². The maximum Gasteiger partial charge on any atom is 0.101 e. The number of hydrogen-bond donors (Lipinski definition) is 0. The van der Waals surface area contributed by atoms with Gasteiger partial charge >= 0.3 is 0 Å². The van der Waals surface area contributed by atoms with Gasteiger partial charge in [0, 0.05) is 10.8 Å². The Morgan fingerprint density at radius 2 is 0.918 bits per heavy atom. The fourth-order valence-corrected chi connectivity index (χ4v) is 7.50. The Morgan fingerprint density at radius 3 is 1.59 bits per heavy atom. The Kier molecular flexibility index (Phi) is 6.58. The topological polar surface area (TPSA) is 52.5 Å². The number of fused-ring (bicyclic) bond motifs is 5. The summed E-state index contributed by atoms with van der Waals surface area (Å²) in [6, 6.07) is 61.5. The summed E-state index contributed by atoms with van der Waals surface area (Å²) in [5.41, 5.74) is 10.8. The first-order valence-electron chi connectivity index (χ1n) is 16.3. The van der Waals surface area contributed by atoms with Crippen molar-refractivity contribution in [2.45, 2.75) is 0 Å². The van der Waals surface area contributed by atoms with Crippen LogP contribution in [0, 0.1) is 22.7 Å². The fourth-order valence-electron chi connectivity index (χ4n) is 7.50. The molecule has 0 amide bonds. The third-order valence-electron chi connectivity index (χ3n) is 9.64. The molecule has 9 rings (SSSR count).